The van der Waals surface area contributed by atoms with Gasteiger partial charge >= 0.3 is 0 Å². The molecule has 0 saturated heterocycles. The molecule has 156 valence electrons. The van der Waals surface area contributed by atoms with E-state index in [1.54, 1.807) is 45.6 Å². The molecular formula is C25H22N2O4. The van der Waals surface area contributed by atoms with Crippen molar-refractivity contribution in [1.29, 1.82) is 0 Å². The molecule has 4 aromatic rings. The minimum atomic E-state index is -0.269. The number of nitrogens with zero attached hydrogens (tertiary/aromatic N) is 1. The summed E-state index contributed by atoms with van der Waals surface area (Å²) in [7, 11) is 4.75. The standard InChI is InChI=1S/C25H22N2O4/c1-29-17-8-6-7-16(13-17)22-15-20(19-9-4-5-10-21(19)26-22)25(28)27-23-14-18(30-2)11-12-24(23)31-3/h4-15H,1-3H3,(H,27,28). The molecule has 0 aliphatic carbocycles. The van der Waals surface area contributed by atoms with Gasteiger partial charge in [-0.2, -0.15) is 0 Å². The predicted molar refractivity (Wildman–Crippen MR) is 121 cm³/mol. The van der Waals surface area contributed by atoms with Gasteiger partial charge in [0.1, 0.15) is 17.2 Å². The molecule has 0 bridgehead atoms. The number of fused-ring (bicyclic) bond motifs is 1. The highest BCUT2D eigenvalue weighted by Gasteiger charge is 2.16. The van der Waals surface area contributed by atoms with Crippen LogP contribution in [-0.4, -0.2) is 32.2 Å². The zero-order valence-corrected chi connectivity index (χ0v) is 17.5. The maximum atomic E-state index is 13.3. The molecule has 1 amide bonds. The van der Waals surface area contributed by atoms with Gasteiger partial charge in [-0.15, -0.1) is 0 Å². The summed E-state index contributed by atoms with van der Waals surface area (Å²) < 4.78 is 16.0. The molecule has 0 unspecified atom stereocenters. The largest absolute Gasteiger partial charge is 0.497 e. The summed E-state index contributed by atoms with van der Waals surface area (Å²) in [5.41, 5.74) is 3.30. The summed E-state index contributed by atoms with van der Waals surface area (Å²) in [5, 5.41) is 3.71. The van der Waals surface area contributed by atoms with Crippen LogP contribution in [0.25, 0.3) is 22.2 Å². The van der Waals surface area contributed by atoms with Gasteiger partial charge in [-0.05, 0) is 36.4 Å². The van der Waals surface area contributed by atoms with Crippen LogP contribution in [0, 0.1) is 0 Å². The van der Waals surface area contributed by atoms with Crippen molar-refractivity contribution in [2.45, 2.75) is 0 Å². The molecule has 31 heavy (non-hydrogen) atoms. The van der Waals surface area contributed by atoms with E-state index in [-0.39, 0.29) is 5.91 Å². The highest BCUT2D eigenvalue weighted by Crippen LogP contribution is 2.31. The fourth-order valence-corrected chi connectivity index (χ4v) is 3.39. The van der Waals surface area contributed by atoms with Crippen LogP contribution in [0.2, 0.25) is 0 Å². The van der Waals surface area contributed by atoms with Gasteiger partial charge in [0, 0.05) is 17.0 Å². The quantitative estimate of drug-likeness (QED) is 0.471. The number of para-hydroxylation sites is 1. The number of aromatic nitrogens is 1. The highest BCUT2D eigenvalue weighted by molar-refractivity contribution is 6.13. The van der Waals surface area contributed by atoms with Crippen LogP contribution in [0.15, 0.2) is 72.8 Å². The van der Waals surface area contributed by atoms with E-state index in [9.17, 15) is 4.79 Å². The fourth-order valence-electron chi connectivity index (χ4n) is 3.39. The molecule has 0 atom stereocenters. The van der Waals surface area contributed by atoms with E-state index < -0.39 is 0 Å². The molecule has 1 N–H and O–H groups in total. The molecule has 3 aromatic carbocycles. The second-order valence-corrected chi connectivity index (χ2v) is 6.82. The lowest BCUT2D eigenvalue weighted by atomic mass is 10.0. The number of methoxy groups -OCH3 is 3. The van der Waals surface area contributed by atoms with E-state index in [0.29, 0.717) is 28.4 Å². The first-order valence-corrected chi connectivity index (χ1v) is 9.70. The molecule has 4 rings (SSSR count). The van der Waals surface area contributed by atoms with E-state index >= 15 is 0 Å². The first kappa shape index (κ1) is 20.2. The number of hydrogen-bond donors (Lipinski definition) is 1. The van der Waals surface area contributed by atoms with E-state index in [1.807, 2.05) is 48.5 Å². The van der Waals surface area contributed by atoms with Gasteiger partial charge in [0.2, 0.25) is 0 Å². The van der Waals surface area contributed by atoms with E-state index in [2.05, 4.69) is 5.32 Å². The molecule has 0 fully saturated rings. The first-order chi connectivity index (χ1) is 15.1. The van der Waals surface area contributed by atoms with Crippen molar-refractivity contribution in [2.75, 3.05) is 26.6 Å². The maximum Gasteiger partial charge on any atom is 0.256 e. The Kier molecular flexibility index (Phi) is 5.71. The van der Waals surface area contributed by atoms with Crippen molar-refractivity contribution in [1.82, 2.24) is 4.98 Å². The number of carbonyl (C=O) groups is 1. The van der Waals surface area contributed by atoms with Crippen LogP contribution in [-0.2, 0) is 0 Å². The van der Waals surface area contributed by atoms with E-state index in [1.165, 1.54) is 0 Å². The van der Waals surface area contributed by atoms with Crippen LogP contribution < -0.4 is 19.5 Å². The molecule has 0 aliphatic rings. The zero-order valence-electron chi connectivity index (χ0n) is 17.5. The predicted octanol–water partition coefficient (Wildman–Crippen LogP) is 5.18. The second-order valence-electron chi connectivity index (χ2n) is 6.82. The maximum absolute atomic E-state index is 13.3. The Morgan fingerprint density at radius 1 is 0.806 bits per heavy atom. The van der Waals surface area contributed by atoms with Crippen molar-refractivity contribution < 1.29 is 19.0 Å². The summed E-state index contributed by atoms with van der Waals surface area (Å²) >= 11 is 0. The minimum Gasteiger partial charge on any atom is -0.497 e. The Labute approximate surface area is 180 Å². The molecular weight excluding hydrogens is 392 g/mol. The van der Waals surface area contributed by atoms with Crippen molar-refractivity contribution in [3.63, 3.8) is 0 Å². The number of hydrogen-bond acceptors (Lipinski definition) is 5. The monoisotopic (exact) mass is 414 g/mol. The Morgan fingerprint density at radius 3 is 2.35 bits per heavy atom. The van der Waals surface area contributed by atoms with Crippen molar-refractivity contribution in [3.05, 3.63) is 78.4 Å². The van der Waals surface area contributed by atoms with Gasteiger partial charge < -0.3 is 19.5 Å². The Balaban J connectivity index is 1.80. The van der Waals surface area contributed by atoms with Crippen LogP contribution in [0.5, 0.6) is 17.2 Å². The molecule has 1 heterocycles. The summed E-state index contributed by atoms with van der Waals surface area (Å²) in [6.07, 6.45) is 0. The van der Waals surface area contributed by atoms with Crippen molar-refractivity contribution >= 4 is 22.5 Å². The minimum absolute atomic E-state index is 0.269. The summed E-state index contributed by atoms with van der Waals surface area (Å²) in [5.74, 6) is 1.61. The average molecular weight is 414 g/mol. The summed E-state index contributed by atoms with van der Waals surface area (Å²) in [4.78, 5) is 18.1. The third kappa shape index (κ3) is 4.14. The molecule has 0 aliphatic heterocycles. The third-order valence-corrected chi connectivity index (χ3v) is 4.98. The molecule has 6 heteroatoms. The number of benzene rings is 3. The summed E-state index contributed by atoms with van der Waals surface area (Å²) in [6, 6.07) is 22.2. The zero-order chi connectivity index (χ0) is 21.8. The number of pyridine rings is 1. The van der Waals surface area contributed by atoms with Gasteiger partial charge in [-0.3, -0.25) is 4.79 Å². The number of rotatable bonds is 6. The average Bonchev–Trinajstić information content (AvgIpc) is 2.83. The number of ether oxygens (including phenoxy) is 3. The molecule has 0 radical (unpaired) electrons. The first-order valence-electron chi connectivity index (χ1n) is 9.70. The van der Waals surface area contributed by atoms with Gasteiger partial charge in [-0.25, -0.2) is 4.98 Å². The second kappa shape index (κ2) is 8.75. The van der Waals surface area contributed by atoms with Crippen LogP contribution in [0.3, 0.4) is 0 Å². The number of carbonyl (C=O) groups excluding carboxylic acids is 1. The van der Waals surface area contributed by atoms with Crippen LogP contribution in [0.1, 0.15) is 10.4 Å². The lowest BCUT2D eigenvalue weighted by Gasteiger charge is -2.14. The number of amides is 1. The van der Waals surface area contributed by atoms with E-state index in [0.717, 1.165) is 22.2 Å². The van der Waals surface area contributed by atoms with Gasteiger partial charge in [0.05, 0.1) is 43.8 Å². The summed E-state index contributed by atoms with van der Waals surface area (Å²) in [6.45, 7) is 0. The Hall–Kier alpha value is -4.06. The van der Waals surface area contributed by atoms with Gasteiger partial charge in [-0.1, -0.05) is 30.3 Å². The smallest absolute Gasteiger partial charge is 0.256 e. The number of nitrogens with one attached hydrogen (secondary N) is 1. The van der Waals surface area contributed by atoms with Crippen molar-refractivity contribution in [3.8, 4) is 28.5 Å². The fraction of sp³-hybridized carbons (Fsp3) is 0.120. The highest BCUT2D eigenvalue weighted by atomic mass is 16.5. The topological polar surface area (TPSA) is 69.7 Å². The lowest BCUT2D eigenvalue weighted by molar-refractivity contribution is 0.102. The molecule has 0 spiro atoms. The molecule has 6 nitrogen and oxygen atoms in total. The van der Waals surface area contributed by atoms with Gasteiger partial charge in [0.15, 0.2) is 0 Å². The normalized spacial score (nSPS) is 10.5. The van der Waals surface area contributed by atoms with E-state index in [4.69, 9.17) is 19.2 Å². The SMILES string of the molecule is COc1cccc(-c2cc(C(=O)Nc3cc(OC)ccc3OC)c3ccccc3n2)c1. The van der Waals surface area contributed by atoms with Gasteiger partial charge in [0.25, 0.3) is 5.91 Å². The molecule has 0 saturated carbocycles. The van der Waals surface area contributed by atoms with Crippen LogP contribution in [0.4, 0.5) is 5.69 Å². The third-order valence-electron chi connectivity index (χ3n) is 4.98. The Bertz CT molecular complexity index is 1250. The lowest BCUT2D eigenvalue weighted by Crippen LogP contribution is -2.14. The molecule has 1 aromatic heterocycles. The van der Waals surface area contributed by atoms with Crippen LogP contribution >= 0.6 is 0 Å². The van der Waals surface area contributed by atoms with Crippen molar-refractivity contribution in [2.24, 2.45) is 0 Å². The Morgan fingerprint density at radius 2 is 1.58 bits per heavy atom. The number of anilines is 1.